The summed E-state index contributed by atoms with van der Waals surface area (Å²) in [5.74, 6) is -1.11. The van der Waals surface area contributed by atoms with Crippen molar-refractivity contribution >= 4 is 35.1 Å². The molecule has 2 aromatic heterocycles. The van der Waals surface area contributed by atoms with Crippen LogP contribution in [0, 0.1) is 5.92 Å². The number of carbonyl (C=O) groups excluding carboxylic acids is 3. The monoisotopic (exact) mass is 614 g/mol. The SMILES string of the molecule is O=C1CCC(NC(=O)c2ccc(CNCC3CCN(c4ncc(-c5cccc(Cl)c5)cc4C(F)(F)F)CC3)nc2)C(=O)N1. The molecule has 2 aliphatic heterocycles. The Labute approximate surface area is 251 Å². The van der Waals surface area contributed by atoms with E-state index in [1.54, 1.807) is 41.3 Å². The van der Waals surface area contributed by atoms with E-state index in [1.807, 2.05) is 0 Å². The molecule has 1 unspecified atom stereocenters. The molecule has 0 radical (unpaired) electrons. The van der Waals surface area contributed by atoms with Gasteiger partial charge in [-0.3, -0.25) is 24.7 Å². The van der Waals surface area contributed by atoms with E-state index in [0.717, 1.165) is 6.07 Å². The first-order chi connectivity index (χ1) is 20.6. The highest BCUT2D eigenvalue weighted by atomic mass is 35.5. The van der Waals surface area contributed by atoms with Crippen molar-refractivity contribution in [3.63, 3.8) is 0 Å². The van der Waals surface area contributed by atoms with Crippen LogP contribution in [0.4, 0.5) is 19.0 Å². The number of alkyl halides is 3. The van der Waals surface area contributed by atoms with E-state index in [-0.39, 0.29) is 30.5 Å². The van der Waals surface area contributed by atoms with Crippen molar-refractivity contribution in [3.8, 4) is 11.1 Å². The molecule has 4 heterocycles. The Morgan fingerprint density at radius 1 is 1.02 bits per heavy atom. The van der Waals surface area contributed by atoms with Gasteiger partial charge >= 0.3 is 6.18 Å². The molecule has 2 fully saturated rings. The first-order valence-electron chi connectivity index (χ1n) is 13.9. The maximum atomic E-state index is 14.0. The average molecular weight is 615 g/mol. The third-order valence-electron chi connectivity index (χ3n) is 7.61. The molecule has 0 aliphatic carbocycles. The summed E-state index contributed by atoms with van der Waals surface area (Å²) in [5.41, 5.74) is 1.18. The molecule has 2 aliphatic rings. The minimum Gasteiger partial charge on any atom is -0.356 e. The summed E-state index contributed by atoms with van der Waals surface area (Å²) in [7, 11) is 0. The second-order valence-corrected chi connectivity index (χ2v) is 11.1. The van der Waals surface area contributed by atoms with Gasteiger partial charge in [-0.25, -0.2) is 4.98 Å². The standard InChI is InChI=1S/C30H30ClF3N6O3/c31-22-3-1-2-19(12-22)21-13-24(30(32,33)34)27(37-16-21)40-10-8-18(9-11-40)14-35-17-23-5-4-20(15-36-23)28(42)38-25-6-7-26(41)39-29(25)43/h1-5,12-13,15-16,18,25,35H,6-11,14,17H2,(H,38,42)(H,39,41,43). The predicted molar refractivity (Wildman–Crippen MR) is 154 cm³/mol. The quantitative estimate of drug-likeness (QED) is 0.323. The molecule has 1 aromatic carbocycles. The van der Waals surface area contributed by atoms with Crippen LogP contribution in [-0.2, 0) is 22.3 Å². The Balaban J connectivity index is 1.11. The molecule has 1 atom stereocenters. The lowest BCUT2D eigenvalue weighted by atomic mass is 9.96. The van der Waals surface area contributed by atoms with Crippen molar-refractivity contribution < 1.29 is 27.6 Å². The number of hydrogen-bond donors (Lipinski definition) is 3. The average Bonchev–Trinajstić information content (AvgIpc) is 2.98. The third kappa shape index (κ3) is 7.68. The second-order valence-electron chi connectivity index (χ2n) is 10.7. The fourth-order valence-corrected chi connectivity index (χ4v) is 5.42. The van der Waals surface area contributed by atoms with Crippen molar-refractivity contribution in [2.75, 3.05) is 24.5 Å². The van der Waals surface area contributed by atoms with E-state index < -0.39 is 29.6 Å². The second kappa shape index (κ2) is 13.1. The minimum absolute atomic E-state index is 0.0596. The van der Waals surface area contributed by atoms with Crippen molar-refractivity contribution in [1.29, 1.82) is 0 Å². The fourth-order valence-electron chi connectivity index (χ4n) is 5.23. The van der Waals surface area contributed by atoms with Crippen LogP contribution < -0.4 is 20.9 Å². The van der Waals surface area contributed by atoms with Gasteiger partial charge in [0.2, 0.25) is 11.8 Å². The maximum absolute atomic E-state index is 14.0. The highest BCUT2D eigenvalue weighted by Crippen LogP contribution is 2.39. The van der Waals surface area contributed by atoms with Gasteiger partial charge < -0.3 is 15.5 Å². The topological polar surface area (TPSA) is 116 Å². The van der Waals surface area contributed by atoms with Crippen LogP contribution in [0.25, 0.3) is 11.1 Å². The maximum Gasteiger partial charge on any atom is 0.419 e. The molecule has 9 nitrogen and oxygen atoms in total. The van der Waals surface area contributed by atoms with Crippen molar-refractivity contribution in [1.82, 2.24) is 25.9 Å². The van der Waals surface area contributed by atoms with Crippen LogP contribution in [0.15, 0.2) is 54.9 Å². The molecule has 3 N–H and O–H groups in total. The number of halogens is 4. The molecule has 2 saturated heterocycles. The molecule has 43 heavy (non-hydrogen) atoms. The largest absolute Gasteiger partial charge is 0.419 e. The number of pyridine rings is 2. The summed E-state index contributed by atoms with van der Waals surface area (Å²) in [6, 6.07) is 10.4. The lowest BCUT2D eigenvalue weighted by Crippen LogP contribution is -2.52. The van der Waals surface area contributed by atoms with Gasteiger partial charge in [0.1, 0.15) is 11.9 Å². The zero-order chi connectivity index (χ0) is 30.6. The van der Waals surface area contributed by atoms with Crippen LogP contribution in [0.5, 0.6) is 0 Å². The number of amides is 3. The first-order valence-corrected chi connectivity index (χ1v) is 14.3. The van der Waals surface area contributed by atoms with Gasteiger partial charge in [-0.2, -0.15) is 13.2 Å². The fraction of sp³-hybridized carbons (Fsp3) is 0.367. The highest BCUT2D eigenvalue weighted by Gasteiger charge is 2.37. The number of nitrogens with zero attached hydrogens (tertiary/aromatic N) is 3. The summed E-state index contributed by atoms with van der Waals surface area (Å²) < 4.78 is 42.1. The molecule has 3 aromatic rings. The number of nitrogens with one attached hydrogen (secondary N) is 3. The van der Waals surface area contributed by atoms with Gasteiger partial charge in [0, 0.05) is 49.0 Å². The smallest absolute Gasteiger partial charge is 0.356 e. The Morgan fingerprint density at radius 2 is 1.81 bits per heavy atom. The summed E-state index contributed by atoms with van der Waals surface area (Å²) in [5, 5.41) is 8.60. The third-order valence-corrected chi connectivity index (χ3v) is 7.85. The van der Waals surface area contributed by atoms with Crippen LogP contribution in [-0.4, -0.2) is 53.4 Å². The Kier molecular flexibility index (Phi) is 9.26. The Morgan fingerprint density at radius 3 is 2.49 bits per heavy atom. The van der Waals surface area contributed by atoms with Gasteiger partial charge in [0.15, 0.2) is 0 Å². The Hall–Kier alpha value is -4.03. The van der Waals surface area contributed by atoms with Crippen LogP contribution >= 0.6 is 11.6 Å². The highest BCUT2D eigenvalue weighted by molar-refractivity contribution is 6.30. The summed E-state index contributed by atoms with van der Waals surface area (Å²) >= 11 is 6.02. The number of rotatable bonds is 8. The number of carbonyl (C=O) groups is 3. The van der Waals surface area contributed by atoms with Gasteiger partial charge in [-0.1, -0.05) is 23.7 Å². The van der Waals surface area contributed by atoms with Crippen LogP contribution in [0.3, 0.4) is 0 Å². The van der Waals surface area contributed by atoms with E-state index >= 15 is 0 Å². The molecule has 0 bridgehead atoms. The Bertz CT molecular complexity index is 1490. The minimum atomic E-state index is -4.55. The van der Waals surface area contributed by atoms with E-state index in [1.165, 1.54) is 12.4 Å². The van der Waals surface area contributed by atoms with Gasteiger partial charge in [-0.05, 0) is 67.6 Å². The summed E-state index contributed by atoms with van der Waals surface area (Å²) in [6.07, 6.45) is 0.163. The number of benzene rings is 1. The molecular formula is C30H30ClF3N6O3. The molecule has 3 amide bonds. The summed E-state index contributed by atoms with van der Waals surface area (Å²) in [4.78, 5) is 45.8. The zero-order valence-corrected chi connectivity index (χ0v) is 23.8. The van der Waals surface area contributed by atoms with Gasteiger partial charge in [0.05, 0.1) is 16.8 Å². The van der Waals surface area contributed by atoms with Gasteiger partial charge in [-0.15, -0.1) is 0 Å². The lowest BCUT2D eigenvalue weighted by molar-refractivity contribution is -0.137. The predicted octanol–water partition coefficient (Wildman–Crippen LogP) is 4.36. The van der Waals surface area contributed by atoms with Gasteiger partial charge in [0.25, 0.3) is 5.91 Å². The molecule has 0 saturated carbocycles. The zero-order valence-electron chi connectivity index (χ0n) is 23.1. The normalized spacial score (nSPS) is 18.0. The van der Waals surface area contributed by atoms with Crippen LogP contribution in [0.2, 0.25) is 5.02 Å². The molecule has 0 spiro atoms. The number of hydrogen-bond acceptors (Lipinski definition) is 7. The summed E-state index contributed by atoms with van der Waals surface area (Å²) in [6.45, 7) is 2.03. The van der Waals surface area contributed by atoms with Crippen molar-refractivity contribution in [3.05, 3.63) is 76.7 Å². The van der Waals surface area contributed by atoms with E-state index in [0.29, 0.717) is 66.4 Å². The van der Waals surface area contributed by atoms with E-state index in [2.05, 4.69) is 25.9 Å². The van der Waals surface area contributed by atoms with Crippen LogP contribution in [0.1, 0.15) is 47.3 Å². The van der Waals surface area contributed by atoms with E-state index in [9.17, 15) is 27.6 Å². The molecule has 5 rings (SSSR count). The number of imide groups is 1. The number of anilines is 1. The van der Waals surface area contributed by atoms with E-state index in [4.69, 9.17) is 11.6 Å². The molecule has 226 valence electrons. The molecular weight excluding hydrogens is 585 g/mol. The molecule has 13 heteroatoms. The number of aromatic nitrogens is 2. The first kappa shape index (κ1) is 30.4. The number of piperidine rings is 2. The lowest BCUT2D eigenvalue weighted by Gasteiger charge is -2.34. The van der Waals surface area contributed by atoms with Crippen molar-refractivity contribution in [2.45, 2.75) is 44.4 Å². The van der Waals surface area contributed by atoms with Crippen molar-refractivity contribution in [2.24, 2.45) is 5.92 Å².